The Morgan fingerprint density at radius 2 is 1.33 bits per heavy atom. The topological polar surface area (TPSA) is 85.9 Å². The fourth-order valence-corrected chi connectivity index (χ4v) is 3.14. The predicted molar refractivity (Wildman–Crippen MR) is 129 cm³/mol. The van der Waals surface area contributed by atoms with Crippen LogP contribution in [0, 0.1) is 0 Å². The van der Waals surface area contributed by atoms with Crippen LogP contribution in [0.1, 0.15) is 18.1 Å². The fourth-order valence-electron chi connectivity index (χ4n) is 3.14. The van der Waals surface area contributed by atoms with Gasteiger partial charge in [0.15, 0.2) is 0 Å². The molecule has 0 aliphatic heterocycles. The third-order valence-corrected chi connectivity index (χ3v) is 4.73. The molecule has 3 aromatic rings. The maximum absolute atomic E-state index is 12.6. The number of carbonyl (C=O) groups excluding carboxylic acids is 2. The van der Waals surface area contributed by atoms with Crippen LogP contribution < -0.4 is 24.8 Å². The quantitative estimate of drug-likeness (QED) is 0.386. The Bertz CT molecular complexity index is 1130. The Morgan fingerprint density at radius 3 is 1.82 bits per heavy atom. The van der Waals surface area contributed by atoms with Crippen molar-refractivity contribution in [2.24, 2.45) is 0 Å². The first-order chi connectivity index (χ1) is 15.9. The molecule has 2 amide bonds. The highest BCUT2D eigenvalue weighted by Crippen LogP contribution is 2.28. The first-order valence-corrected chi connectivity index (χ1v) is 10.2. The van der Waals surface area contributed by atoms with Crippen LogP contribution in [0.5, 0.6) is 23.0 Å². The molecule has 2 N–H and O–H groups in total. The van der Waals surface area contributed by atoms with Gasteiger partial charge in [-0.05, 0) is 65.7 Å². The minimum Gasteiger partial charge on any atom is -0.497 e. The van der Waals surface area contributed by atoms with Gasteiger partial charge in [0.05, 0.1) is 14.2 Å². The number of amides is 2. The second-order valence-electron chi connectivity index (χ2n) is 7.12. The molecular weight excluding hydrogens is 420 g/mol. The standard InChI is InChI=1S/C26H26N2O5/c1-17(29)28-20-7-11-22(12-8-20)33-21-9-5-19(6-10-21)25(26(30)27-2)15-18-13-23(31-3)16-24(14-18)32-4/h5-16H,1-4H3,(H,27,30)(H,28,29)/b25-15-. The number of hydrogen-bond donors (Lipinski definition) is 2. The second-order valence-corrected chi connectivity index (χ2v) is 7.12. The predicted octanol–water partition coefficient (Wildman–Crippen LogP) is 4.74. The van der Waals surface area contributed by atoms with E-state index in [9.17, 15) is 9.59 Å². The first kappa shape index (κ1) is 23.4. The summed E-state index contributed by atoms with van der Waals surface area (Å²) in [6.45, 7) is 1.46. The van der Waals surface area contributed by atoms with Gasteiger partial charge in [0.25, 0.3) is 5.91 Å². The van der Waals surface area contributed by atoms with Crippen LogP contribution in [-0.4, -0.2) is 33.1 Å². The Labute approximate surface area is 193 Å². The van der Waals surface area contributed by atoms with Crippen molar-refractivity contribution in [1.82, 2.24) is 5.32 Å². The molecule has 0 radical (unpaired) electrons. The van der Waals surface area contributed by atoms with Gasteiger partial charge in [0.1, 0.15) is 23.0 Å². The molecule has 0 fully saturated rings. The molecule has 0 unspecified atom stereocenters. The number of ether oxygens (including phenoxy) is 3. The number of benzene rings is 3. The number of nitrogens with one attached hydrogen (secondary N) is 2. The lowest BCUT2D eigenvalue weighted by molar-refractivity contribution is -0.115. The summed E-state index contributed by atoms with van der Waals surface area (Å²) in [4.78, 5) is 23.7. The molecule has 0 saturated carbocycles. The van der Waals surface area contributed by atoms with Crippen molar-refractivity contribution < 1.29 is 23.8 Å². The number of likely N-dealkylation sites (N-methyl/N-ethyl adjacent to an activating group) is 1. The van der Waals surface area contributed by atoms with Gasteiger partial charge < -0.3 is 24.8 Å². The van der Waals surface area contributed by atoms with Gasteiger partial charge in [0.2, 0.25) is 5.91 Å². The van der Waals surface area contributed by atoms with Crippen LogP contribution >= 0.6 is 0 Å². The summed E-state index contributed by atoms with van der Waals surface area (Å²) in [6.07, 6.45) is 1.78. The Hall–Kier alpha value is -4.26. The average molecular weight is 447 g/mol. The molecule has 7 heteroatoms. The zero-order chi connectivity index (χ0) is 23.8. The third-order valence-electron chi connectivity index (χ3n) is 4.73. The van der Waals surface area contributed by atoms with E-state index < -0.39 is 0 Å². The highest BCUT2D eigenvalue weighted by Gasteiger charge is 2.12. The molecule has 0 spiro atoms. The molecule has 3 aromatic carbocycles. The van der Waals surface area contributed by atoms with E-state index in [2.05, 4.69) is 10.6 Å². The molecule has 3 rings (SSSR count). The summed E-state index contributed by atoms with van der Waals surface area (Å²) in [5.41, 5.74) is 2.67. The third kappa shape index (κ3) is 6.36. The van der Waals surface area contributed by atoms with Crippen molar-refractivity contribution in [2.45, 2.75) is 6.92 Å². The molecule has 7 nitrogen and oxygen atoms in total. The normalized spacial score (nSPS) is 10.8. The zero-order valence-corrected chi connectivity index (χ0v) is 19.0. The van der Waals surface area contributed by atoms with Crippen LogP contribution in [0.15, 0.2) is 66.7 Å². The summed E-state index contributed by atoms with van der Waals surface area (Å²) in [5, 5.41) is 5.40. The highest BCUT2D eigenvalue weighted by atomic mass is 16.5. The minimum atomic E-state index is -0.223. The van der Waals surface area contributed by atoms with Crippen molar-refractivity contribution in [3.63, 3.8) is 0 Å². The lowest BCUT2D eigenvalue weighted by atomic mass is 10.0. The van der Waals surface area contributed by atoms with E-state index in [1.54, 1.807) is 69.8 Å². The van der Waals surface area contributed by atoms with Crippen LogP contribution in [0.2, 0.25) is 0 Å². The van der Waals surface area contributed by atoms with Gasteiger partial charge in [0, 0.05) is 31.3 Å². The van der Waals surface area contributed by atoms with Gasteiger partial charge in [-0.1, -0.05) is 12.1 Å². The van der Waals surface area contributed by atoms with Crippen molar-refractivity contribution in [3.05, 3.63) is 77.9 Å². The minimum absolute atomic E-state index is 0.133. The Morgan fingerprint density at radius 1 is 0.788 bits per heavy atom. The number of anilines is 1. The molecule has 0 aliphatic carbocycles. The van der Waals surface area contributed by atoms with Crippen LogP contribution in [0.25, 0.3) is 11.6 Å². The molecule has 0 aromatic heterocycles. The monoisotopic (exact) mass is 446 g/mol. The van der Waals surface area contributed by atoms with E-state index in [1.165, 1.54) is 6.92 Å². The summed E-state index contributed by atoms with van der Waals surface area (Å²) in [7, 11) is 4.74. The van der Waals surface area contributed by atoms with Crippen LogP contribution in [0.3, 0.4) is 0 Å². The molecule has 0 atom stereocenters. The number of hydrogen-bond acceptors (Lipinski definition) is 5. The van der Waals surface area contributed by atoms with Crippen LogP contribution in [-0.2, 0) is 9.59 Å². The second kappa shape index (κ2) is 10.9. The van der Waals surface area contributed by atoms with Gasteiger partial charge in [-0.3, -0.25) is 9.59 Å². The van der Waals surface area contributed by atoms with Crippen molar-refractivity contribution in [2.75, 3.05) is 26.6 Å². The number of rotatable bonds is 8. The van der Waals surface area contributed by atoms with Crippen molar-refractivity contribution >= 4 is 29.2 Å². The summed E-state index contributed by atoms with van der Waals surface area (Å²) in [6, 6.07) is 19.7. The molecule has 33 heavy (non-hydrogen) atoms. The highest BCUT2D eigenvalue weighted by molar-refractivity contribution is 6.24. The van der Waals surface area contributed by atoms with E-state index >= 15 is 0 Å². The average Bonchev–Trinajstić information content (AvgIpc) is 2.83. The van der Waals surface area contributed by atoms with E-state index in [0.29, 0.717) is 34.3 Å². The van der Waals surface area contributed by atoms with Gasteiger partial charge in [-0.2, -0.15) is 0 Å². The van der Waals surface area contributed by atoms with Gasteiger partial charge in [-0.15, -0.1) is 0 Å². The van der Waals surface area contributed by atoms with E-state index in [4.69, 9.17) is 14.2 Å². The van der Waals surface area contributed by atoms with E-state index in [-0.39, 0.29) is 11.8 Å². The zero-order valence-electron chi connectivity index (χ0n) is 19.0. The van der Waals surface area contributed by atoms with E-state index in [1.807, 2.05) is 24.3 Å². The van der Waals surface area contributed by atoms with Crippen molar-refractivity contribution in [1.29, 1.82) is 0 Å². The fraction of sp³-hybridized carbons (Fsp3) is 0.154. The summed E-state index contributed by atoms with van der Waals surface area (Å²) < 4.78 is 16.5. The van der Waals surface area contributed by atoms with E-state index in [0.717, 1.165) is 11.1 Å². The smallest absolute Gasteiger partial charge is 0.251 e. The maximum Gasteiger partial charge on any atom is 0.251 e. The molecule has 0 aliphatic rings. The lowest BCUT2D eigenvalue weighted by Gasteiger charge is -2.11. The summed E-state index contributed by atoms with van der Waals surface area (Å²) in [5.74, 6) is 2.15. The SMILES string of the molecule is CNC(=O)/C(=C\c1cc(OC)cc(OC)c1)c1ccc(Oc2ccc(NC(C)=O)cc2)cc1. The molecule has 0 bridgehead atoms. The molecule has 0 saturated heterocycles. The first-order valence-electron chi connectivity index (χ1n) is 10.2. The molecule has 170 valence electrons. The lowest BCUT2D eigenvalue weighted by Crippen LogP contribution is -2.19. The summed E-state index contributed by atoms with van der Waals surface area (Å²) >= 11 is 0. The molecular formula is C26H26N2O5. The molecule has 0 heterocycles. The Balaban J connectivity index is 1.84. The number of carbonyl (C=O) groups is 2. The van der Waals surface area contributed by atoms with Crippen molar-refractivity contribution in [3.8, 4) is 23.0 Å². The Kier molecular flexibility index (Phi) is 7.70. The van der Waals surface area contributed by atoms with Gasteiger partial charge in [-0.25, -0.2) is 0 Å². The number of methoxy groups -OCH3 is 2. The maximum atomic E-state index is 12.6. The van der Waals surface area contributed by atoms with Crippen LogP contribution in [0.4, 0.5) is 5.69 Å². The van der Waals surface area contributed by atoms with Gasteiger partial charge >= 0.3 is 0 Å². The largest absolute Gasteiger partial charge is 0.497 e.